The van der Waals surface area contributed by atoms with E-state index < -0.39 is 0 Å². The predicted molar refractivity (Wildman–Crippen MR) is 54.0 cm³/mol. The number of aryl methyl sites for hydroxylation is 1. The third-order valence-corrected chi connectivity index (χ3v) is 1.87. The molecule has 0 unspecified atom stereocenters. The van der Waals surface area contributed by atoms with E-state index in [2.05, 4.69) is 15.3 Å². The molecule has 0 fully saturated rings. The Balaban J connectivity index is 2.41. The van der Waals surface area contributed by atoms with Crippen LogP contribution in [0.25, 0.3) is 11.5 Å². The van der Waals surface area contributed by atoms with E-state index in [9.17, 15) is 0 Å². The van der Waals surface area contributed by atoms with Gasteiger partial charge in [-0.3, -0.25) is 0 Å². The Bertz CT molecular complexity index is 436. The van der Waals surface area contributed by atoms with Crippen molar-refractivity contribution in [2.75, 3.05) is 12.4 Å². The second kappa shape index (κ2) is 3.49. The first kappa shape index (κ1) is 8.74. The lowest BCUT2D eigenvalue weighted by atomic mass is 10.3. The van der Waals surface area contributed by atoms with Gasteiger partial charge in [0.15, 0.2) is 5.76 Å². The fraction of sp³-hybridized carbons (Fsp3) is 0.200. The van der Waals surface area contributed by atoms with Crippen molar-refractivity contribution in [3.8, 4) is 11.5 Å². The molecule has 0 spiro atoms. The van der Waals surface area contributed by atoms with Gasteiger partial charge in [0.25, 0.3) is 0 Å². The highest BCUT2D eigenvalue weighted by Crippen LogP contribution is 2.19. The smallest absolute Gasteiger partial charge is 0.223 e. The van der Waals surface area contributed by atoms with Crippen molar-refractivity contribution in [2.24, 2.45) is 0 Å². The molecule has 2 heterocycles. The van der Waals surface area contributed by atoms with Gasteiger partial charge in [-0.2, -0.15) is 0 Å². The standard InChI is InChI=1S/C10H11N3O/c1-7-3-4-9(14-7)8-5-6-12-10(11-2)13-8/h3-6H,1-2H3,(H,11,12,13). The van der Waals surface area contributed by atoms with Gasteiger partial charge in [0.2, 0.25) is 5.95 Å². The van der Waals surface area contributed by atoms with Crippen molar-refractivity contribution in [3.63, 3.8) is 0 Å². The average molecular weight is 189 g/mol. The van der Waals surface area contributed by atoms with E-state index in [4.69, 9.17) is 4.42 Å². The molecule has 2 aromatic rings. The molecular formula is C10H11N3O. The quantitative estimate of drug-likeness (QED) is 0.785. The number of nitrogens with one attached hydrogen (secondary N) is 1. The maximum absolute atomic E-state index is 5.45. The summed E-state index contributed by atoms with van der Waals surface area (Å²) in [6.45, 7) is 1.91. The third kappa shape index (κ3) is 1.59. The Morgan fingerprint density at radius 3 is 2.79 bits per heavy atom. The number of furan rings is 1. The molecule has 0 atom stereocenters. The molecular weight excluding hydrogens is 178 g/mol. The number of aromatic nitrogens is 2. The molecule has 0 saturated heterocycles. The van der Waals surface area contributed by atoms with Crippen LogP contribution < -0.4 is 5.32 Å². The number of anilines is 1. The topological polar surface area (TPSA) is 51.0 Å². The van der Waals surface area contributed by atoms with E-state index in [0.29, 0.717) is 5.95 Å². The summed E-state index contributed by atoms with van der Waals surface area (Å²) in [5.41, 5.74) is 0.789. The molecule has 4 nitrogen and oxygen atoms in total. The van der Waals surface area contributed by atoms with E-state index in [1.54, 1.807) is 13.2 Å². The Morgan fingerprint density at radius 1 is 1.29 bits per heavy atom. The largest absolute Gasteiger partial charge is 0.460 e. The maximum atomic E-state index is 5.45. The van der Waals surface area contributed by atoms with Crippen LogP contribution in [0.2, 0.25) is 0 Å². The highest BCUT2D eigenvalue weighted by molar-refractivity contribution is 5.53. The summed E-state index contributed by atoms with van der Waals surface area (Å²) in [6.07, 6.45) is 1.70. The van der Waals surface area contributed by atoms with Gasteiger partial charge in [0.1, 0.15) is 11.5 Å². The number of nitrogens with zero attached hydrogens (tertiary/aromatic N) is 2. The summed E-state index contributed by atoms with van der Waals surface area (Å²) in [5, 5.41) is 2.88. The monoisotopic (exact) mass is 189 g/mol. The predicted octanol–water partition coefficient (Wildman–Crippen LogP) is 2.09. The summed E-state index contributed by atoms with van der Waals surface area (Å²) in [4.78, 5) is 8.29. The first-order valence-corrected chi connectivity index (χ1v) is 4.37. The van der Waals surface area contributed by atoms with Crippen molar-refractivity contribution in [2.45, 2.75) is 6.92 Å². The van der Waals surface area contributed by atoms with Crippen LogP contribution in [-0.4, -0.2) is 17.0 Å². The molecule has 0 aliphatic carbocycles. The van der Waals surface area contributed by atoms with Gasteiger partial charge in [0.05, 0.1) is 0 Å². The van der Waals surface area contributed by atoms with Gasteiger partial charge in [0, 0.05) is 13.2 Å². The van der Waals surface area contributed by atoms with E-state index >= 15 is 0 Å². The van der Waals surface area contributed by atoms with Gasteiger partial charge in [-0.1, -0.05) is 0 Å². The van der Waals surface area contributed by atoms with Crippen LogP contribution in [0.5, 0.6) is 0 Å². The van der Waals surface area contributed by atoms with Crippen LogP contribution in [0.4, 0.5) is 5.95 Å². The Hall–Kier alpha value is -1.84. The number of hydrogen-bond acceptors (Lipinski definition) is 4. The maximum Gasteiger partial charge on any atom is 0.223 e. The lowest BCUT2D eigenvalue weighted by Crippen LogP contribution is -1.95. The minimum atomic E-state index is 0.594. The minimum absolute atomic E-state index is 0.594. The Labute approximate surface area is 82.0 Å². The van der Waals surface area contributed by atoms with E-state index in [1.165, 1.54) is 0 Å². The van der Waals surface area contributed by atoms with Crippen molar-refractivity contribution in [1.82, 2.24) is 9.97 Å². The zero-order valence-corrected chi connectivity index (χ0v) is 8.11. The van der Waals surface area contributed by atoms with E-state index in [1.807, 2.05) is 25.1 Å². The third-order valence-electron chi connectivity index (χ3n) is 1.87. The lowest BCUT2D eigenvalue weighted by molar-refractivity contribution is 0.546. The highest BCUT2D eigenvalue weighted by Gasteiger charge is 2.04. The van der Waals surface area contributed by atoms with Gasteiger partial charge in [-0.15, -0.1) is 0 Å². The molecule has 2 aromatic heterocycles. The van der Waals surface area contributed by atoms with Crippen LogP contribution >= 0.6 is 0 Å². The van der Waals surface area contributed by atoms with Crippen molar-refractivity contribution >= 4 is 5.95 Å². The fourth-order valence-corrected chi connectivity index (χ4v) is 1.19. The van der Waals surface area contributed by atoms with Crippen LogP contribution in [0.15, 0.2) is 28.8 Å². The van der Waals surface area contributed by atoms with Gasteiger partial charge in [-0.25, -0.2) is 9.97 Å². The molecule has 1 N–H and O–H groups in total. The summed E-state index contributed by atoms with van der Waals surface area (Å²) in [7, 11) is 1.78. The average Bonchev–Trinajstić information content (AvgIpc) is 2.65. The zero-order valence-electron chi connectivity index (χ0n) is 8.11. The van der Waals surface area contributed by atoms with Gasteiger partial charge < -0.3 is 9.73 Å². The van der Waals surface area contributed by atoms with Crippen molar-refractivity contribution < 1.29 is 4.42 Å². The molecule has 4 heteroatoms. The van der Waals surface area contributed by atoms with Crippen LogP contribution in [0.1, 0.15) is 5.76 Å². The normalized spacial score (nSPS) is 10.1. The lowest BCUT2D eigenvalue weighted by Gasteiger charge is -1.99. The molecule has 0 bridgehead atoms. The Morgan fingerprint density at radius 2 is 2.14 bits per heavy atom. The Kier molecular flexibility index (Phi) is 2.18. The molecule has 0 radical (unpaired) electrons. The summed E-state index contributed by atoms with van der Waals surface area (Å²) in [6, 6.07) is 5.63. The molecule has 0 aromatic carbocycles. The second-order valence-corrected chi connectivity index (χ2v) is 2.93. The van der Waals surface area contributed by atoms with Crippen molar-refractivity contribution in [3.05, 3.63) is 30.2 Å². The summed E-state index contributed by atoms with van der Waals surface area (Å²) in [5.74, 6) is 2.24. The van der Waals surface area contributed by atoms with Crippen LogP contribution in [0, 0.1) is 6.92 Å². The van der Waals surface area contributed by atoms with Crippen LogP contribution in [0.3, 0.4) is 0 Å². The first-order valence-electron chi connectivity index (χ1n) is 4.37. The second-order valence-electron chi connectivity index (χ2n) is 2.93. The molecule has 0 aliphatic heterocycles. The van der Waals surface area contributed by atoms with Crippen LogP contribution in [-0.2, 0) is 0 Å². The molecule has 2 rings (SSSR count). The first-order chi connectivity index (χ1) is 6.79. The van der Waals surface area contributed by atoms with E-state index in [0.717, 1.165) is 17.2 Å². The van der Waals surface area contributed by atoms with E-state index in [-0.39, 0.29) is 0 Å². The fourth-order valence-electron chi connectivity index (χ4n) is 1.19. The van der Waals surface area contributed by atoms with Crippen molar-refractivity contribution in [1.29, 1.82) is 0 Å². The van der Waals surface area contributed by atoms with Gasteiger partial charge >= 0.3 is 0 Å². The number of hydrogen-bond donors (Lipinski definition) is 1. The van der Waals surface area contributed by atoms with Gasteiger partial charge in [-0.05, 0) is 25.1 Å². The zero-order chi connectivity index (χ0) is 9.97. The molecule has 0 amide bonds. The SMILES string of the molecule is CNc1nccc(-c2ccc(C)o2)n1. The molecule has 72 valence electrons. The minimum Gasteiger partial charge on any atom is -0.460 e. The highest BCUT2D eigenvalue weighted by atomic mass is 16.3. The molecule has 0 aliphatic rings. The summed E-state index contributed by atoms with van der Waals surface area (Å²) >= 11 is 0. The summed E-state index contributed by atoms with van der Waals surface area (Å²) < 4.78 is 5.45. The number of rotatable bonds is 2. The molecule has 14 heavy (non-hydrogen) atoms. The molecule has 0 saturated carbocycles.